The molecule has 1 aromatic carbocycles. The van der Waals surface area contributed by atoms with Gasteiger partial charge in [-0.15, -0.1) is 0 Å². The van der Waals surface area contributed by atoms with E-state index >= 15 is 0 Å². The minimum absolute atomic E-state index is 0.0309. The monoisotopic (exact) mass is 419 g/mol. The summed E-state index contributed by atoms with van der Waals surface area (Å²) < 4.78 is 6.99. The molecule has 2 aromatic heterocycles. The van der Waals surface area contributed by atoms with Gasteiger partial charge >= 0.3 is 6.09 Å². The molecule has 1 N–H and O–H groups in total. The van der Waals surface area contributed by atoms with Crippen LogP contribution >= 0.6 is 0 Å². The first-order valence-corrected chi connectivity index (χ1v) is 10.2. The van der Waals surface area contributed by atoms with Crippen molar-refractivity contribution in [2.24, 2.45) is 0 Å². The summed E-state index contributed by atoms with van der Waals surface area (Å²) in [6, 6.07) is 9.71. The molecule has 0 aliphatic carbocycles. The quantitative estimate of drug-likeness (QED) is 0.627. The summed E-state index contributed by atoms with van der Waals surface area (Å²) in [6.07, 6.45) is 2.99. The largest absolute Gasteiger partial charge is 0.507 e. The fourth-order valence-corrected chi connectivity index (χ4v) is 3.66. The van der Waals surface area contributed by atoms with Crippen LogP contribution in [0.2, 0.25) is 0 Å². The van der Waals surface area contributed by atoms with Crippen molar-refractivity contribution in [2.45, 2.75) is 26.4 Å². The lowest BCUT2D eigenvalue weighted by atomic mass is 10.1. The number of rotatable bonds is 2. The predicted octanol–water partition coefficient (Wildman–Crippen LogP) is 4.31. The molecule has 8 nitrogen and oxygen atoms in total. The average molecular weight is 419 g/mol. The molecule has 4 rings (SSSR count). The highest BCUT2D eigenvalue weighted by Crippen LogP contribution is 2.33. The van der Waals surface area contributed by atoms with Crippen LogP contribution in [0.15, 0.2) is 42.7 Å². The van der Waals surface area contributed by atoms with Crippen molar-refractivity contribution in [1.29, 1.82) is 0 Å². The maximum absolute atomic E-state index is 12.2. The Morgan fingerprint density at radius 1 is 1.13 bits per heavy atom. The number of piperazine rings is 1. The van der Waals surface area contributed by atoms with Crippen molar-refractivity contribution in [3.63, 3.8) is 0 Å². The van der Waals surface area contributed by atoms with Crippen LogP contribution in [-0.4, -0.2) is 57.5 Å². The molecule has 31 heavy (non-hydrogen) atoms. The molecular formula is C23H25N5O3. The predicted molar refractivity (Wildman–Crippen MR) is 119 cm³/mol. The van der Waals surface area contributed by atoms with Crippen molar-refractivity contribution in [1.82, 2.24) is 14.5 Å². The molecule has 3 heterocycles. The van der Waals surface area contributed by atoms with Crippen LogP contribution in [0.3, 0.4) is 0 Å². The maximum Gasteiger partial charge on any atom is 0.410 e. The van der Waals surface area contributed by atoms with Crippen molar-refractivity contribution >= 4 is 23.0 Å². The van der Waals surface area contributed by atoms with Gasteiger partial charge in [-0.25, -0.2) is 14.2 Å². The van der Waals surface area contributed by atoms with Crippen molar-refractivity contribution in [3.05, 3.63) is 54.1 Å². The van der Waals surface area contributed by atoms with E-state index in [-0.39, 0.29) is 11.8 Å². The molecule has 0 unspecified atom stereocenters. The number of fused-ring (bicyclic) bond motifs is 1. The minimum atomic E-state index is -0.491. The van der Waals surface area contributed by atoms with E-state index in [0.717, 1.165) is 29.9 Å². The van der Waals surface area contributed by atoms with E-state index < -0.39 is 5.60 Å². The summed E-state index contributed by atoms with van der Waals surface area (Å²) in [5.74, 6) is 0.0309. The van der Waals surface area contributed by atoms with E-state index in [1.54, 1.807) is 17.2 Å². The van der Waals surface area contributed by atoms with E-state index in [9.17, 15) is 9.90 Å². The number of carbonyl (C=O) groups is 1. The normalized spacial score (nSPS) is 14.5. The number of anilines is 1. The fourth-order valence-electron chi connectivity index (χ4n) is 3.66. The summed E-state index contributed by atoms with van der Waals surface area (Å²) in [4.78, 5) is 19.6. The van der Waals surface area contributed by atoms with Crippen molar-refractivity contribution < 1.29 is 14.6 Å². The maximum atomic E-state index is 12.2. The molecule has 0 atom stereocenters. The van der Waals surface area contributed by atoms with Crippen molar-refractivity contribution in [3.8, 4) is 16.9 Å². The number of benzene rings is 1. The molecule has 1 aliphatic rings. The zero-order valence-electron chi connectivity index (χ0n) is 17.9. The first kappa shape index (κ1) is 20.5. The molecule has 1 amide bonds. The molecule has 160 valence electrons. The second-order valence-electron chi connectivity index (χ2n) is 8.55. The van der Waals surface area contributed by atoms with Gasteiger partial charge in [0.25, 0.3) is 0 Å². The smallest absolute Gasteiger partial charge is 0.410 e. The van der Waals surface area contributed by atoms with Gasteiger partial charge in [0.2, 0.25) is 5.69 Å². The van der Waals surface area contributed by atoms with Crippen LogP contribution < -0.4 is 4.90 Å². The number of aromatic hydroxyl groups is 1. The Morgan fingerprint density at radius 3 is 2.42 bits per heavy atom. The van der Waals surface area contributed by atoms with Gasteiger partial charge in [0.1, 0.15) is 16.9 Å². The van der Waals surface area contributed by atoms with Gasteiger partial charge < -0.3 is 19.6 Å². The zero-order valence-corrected chi connectivity index (χ0v) is 17.9. The van der Waals surface area contributed by atoms with Crippen molar-refractivity contribution in [2.75, 3.05) is 31.1 Å². The Balaban J connectivity index is 1.45. The van der Waals surface area contributed by atoms with E-state index in [4.69, 9.17) is 11.3 Å². The van der Waals surface area contributed by atoms with Crippen LogP contribution in [0.4, 0.5) is 16.2 Å². The lowest BCUT2D eigenvalue weighted by molar-refractivity contribution is 0.0240. The number of pyridine rings is 1. The van der Waals surface area contributed by atoms with Crippen LogP contribution in [0, 0.1) is 6.57 Å². The fraction of sp³-hybridized carbons (Fsp3) is 0.348. The lowest BCUT2D eigenvalue weighted by Crippen LogP contribution is -2.50. The highest BCUT2D eigenvalue weighted by atomic mass is 16.6. The summed E-state index contributed by atoms with van der Waals surface area (Å²) in [7, 11) is 0. The van der Waals surface area contributed by atoms with E-state index in [2.05, 4.69) is 14.8 Å². The summed E-state index contributed by atoms with van der Waals surface area (Å²) in [5, 5.41) is 14.5. The Morgan fingerprint density at radius 2 is 1.81 bits per heavy atom. The number of hydrogen-bond donors (Lipinski definition) is 1. The highest BCUT2D eigenvalue weighted by Gasteiger charge is 2.26. The van der Waals surface area contributed by atoms with Gasteiger partial charge in [-0.05, 0) is 44.5 Å². The van der Waals surface area contributed by atoms with Crippen LogP contribution in [0.1, 0.15) is 20.8 Å². The number of amides is 1. The molecule has 0 saturated carbocycles. The Hall–Kier alpha value is -3.73. The van der Waals surface area contributed by atoms with Gasteiger partial charge in [-0.2, -0.15) is 5.10 Å². The number of aromatic nitrogens is 2. The molecule has 0 spiro atoms. The molecule has 1 aliphatic heterocycles. The Kier molecular flexibility index (Phi) is 5.19. The van der Waals surface area contributed by atoms with Crippen LogP contribution in [0.25, 0.3) is 21.5 Å². The molecule has 8 heteroatoms. The van der Waals surface area contributed by atoms with E-state index in [1.165, 1.54) is 10.7 Å². The highest BCUT2D eigenvalue weighted by molar-refractivity contribution is 5.81. The standard InChI is InChI=1S/C23H25N5O3/c1-23(2,3)31-22(30)27-11-9-26(10-12-27)18-7-5-16(6-8-18)17-13-20(29)21-19(24-4)14-25-28(21)15-17/h5-8,13-15,29H,9-12H2,1-3H3. The minimum Gasteiger partial charge on any atom is -0.507 e. The summed E-state index contributed by atoms with van der Waals surface area (Å²) >= 11 is 0. The number of nitrogens with zero attached hydrogens (tertiary/aromatic N) is 5. The molecule has 0 radical (unpaired) electrons. The lowest BCUT2D eigenvalue weighted by Gasteiger charge is -2.36. The van der Waals surface area contributed by atoms with Gasteiger partial charge in [0, 0.05) is 43.6 Å². The topological polar surface area (TPSA) is 74.7 Å². The summed E-state index contributed by atoms with van der Waals surface area (Å²) in [5.41, 5.74) is 3.07. The first-order valence-electron chi connectivity index (χ1n) is 10.2. The molecule has 1 saturated heterocycles. The first-order chi connectivity index (χ1) is 14.7. The SMILES string of the molecule is [C-]#[N+]c1cnn2cc(-c3ccc(N4CCN(C(=O)OC(C)(C)C)CC4)cc3)cc(O)c12. The van der Waals surface area contributed by atoms with Gasteiger partial charge in [0.05, 0.1) is 12.8 Å². The third-order valence-corrected chi connectivity index (χ3v) is 5.19. The third-order valence-electron chi connectivity index (χ3n) is 5.19. The van der Waals surface area contributed by atoms with Gasteiger partial charge in [-0.1, -0.05) is 12.1 Å². The molecule has 1 fully saturated rings. The third kappa shape index (κ3) is 4.26. The van der Waals surface area contributed by atoms with E-state index in [1.807, 2.05) is 45.0 Å². The Labute approximate surface area is 181 Å². The molecular weight excluding hydrogens is 394 g/mol. The molecule has 0 bridgehead atoms. The van der Waals surface area contributed by atoms with Crippen LogP contribution in [-0.2, 0) is 4.74 Å². The van der Waals surface area contributed by atoms with E-state index in [0.29, 0.717) is 24.3 Å². The number of carbonyl (C=O) groups excluding carboxylic acids is 1. The molecule has 3 aromatic rings. The Bertz CT molecular complexity index is 1150. The summed E-state index contributed by atoms with van der Waals surface area (Å²) in [6.45, 7) is 15.5. The zero-order chi connectivity index (χ0) is 22.2. The number of hydrogen-bond acceptors (Lipinski definition) is 5. The van der Waals surface area contributed by atoms with Gasteiger partial charge in [0.15, 0.2) is 0 Å². The van der Waals surface area contributed by atoms with Gasteiger partial charge in [-0.3, -0.25) is 0 Å². The second-order valence-corrected chi connectivity index (χ2v) is 8.55. The second kappa shape index (κ2) is 7.84. The average Bonchev–Trinajstić information content (AvgIpc) is 3.16. The van der Waals surface area contributed by atoms with Crippen LogP contribution in [0.5, 0.6) is 5.75 Å². The number of ether oxygens (including phenoxy) is 1.